The van der Waals surface area contributed by atoms with Gasteiger partial charge in [0.25, 0.3) is 5.91 Å². The fourth-order valence-corrected chi connectivity index (χ4v) is 3.11. The van der Waals surface area contributed by atoms with Crippen molar-refractivity contribution in [1.82, 2.24) is 20.2 Å². The molecule has 1 unspecified atom stereocenters. The number of nitrogens with zero attached hydrogens (tertiary/aromatic N) is 3. The maximum atomic E-state index is 12.4. The van der Waals surface area contributed by atoms with Crippen LogP contribution in [0.3, 0.4) is 0 Å². The Morgan fingerprint density at radius 1 is 1.45 bits per heavy atom. The van der Waals surface area contributed by atoms with Gasteiger partial charge in [0.15, 0.2) is 0 Å². The number of hydrogen-bond acceptors (Lipinski definition) is 5. The molecule has 20 heavy (non-hydrogen) atoms. The molecule has 0 radical (unpaired) electrons. The third kappa shape index (κ3) is 2.71. The summed E-state index contributed by atoms with van der Waals surface area (Å²) in [6, 6.07) is 6.03. The van der Waals surface area contributed by atoms with Crippen LogP contribution in [0.5, 0.6) is 0 Å². The van der Waals surface area contributed by atoms with Gasteiger partial charge >= 0.3 is 0 Å². The molecule has 0 bridgehead atoms. The molecule has 0 aliphatic carbocycles. The fraction of sp³-hybridized carbons (Fsp3) is 0.357. The third-order valence-corrected chi connectivity index (χ3v) is 4.26. The standard InChI is InChI=1S/C14H16N4OS/c1-10-9-18(7-6-15-10)14(19)12-8-17-13(20-12)11-4-2-3-5-16-11/h2-5,8,10,15H,6-7,9H2,1H3. The summed E-state index contributed by atoms with van der Waals surface area (Å²) in [5, 5.41) is 4.12. The molecule has 0 spiro atoms. The first kappa shape index (κ1) is 13.2. The van der Waals surface area contributed by atoms with Crippen LogP contribution < -0.4 is 5.32 Å². The molecule has 1 amide bonds. The second kappa shape index (κ2) is 5.68. The SMILES string of the molecule is CC1CN(C(=O)c2cnc(-c3ccccn3)s2)CCN1. The summed E-state index contributed by atoms with van der Waals surface area (Å²) in [5.74, 6) is 0.0676. The van der Waals surface area contributed by atoms with Crippen LogP contribution in [0.15, 0.2) is 30.6 Å². The number of rotatable bonds is 2. The molecule has 0 aromatic carbocycles. The molecular weight excluding hydrogens is 272 g/mol. The minimum atomic E-state index is 0.0676. The number of hydrogen-bond donors (Lipinski definition) is 1. The molecule has 0 saturated carbocycles. The largest absolute Gasteiger partial charge is 0.335 e. The molecule has 2 aromatic heterocycles. The van der Waals surface area contributed by atoms with E-state index >= 15 is 0 Å². The summed E-state index contributed by atoms with van der Waals surface area (Å²) in [4.78, 5) is 23.6. The summed E-state index contributed by atoms with van der Waals surface area (Å²) >= 11 is 1.40. The molecule has 5 nitrogen and oxygen atoms in total. The van der Waals surface area contributed by atoms with E-state index < -0.39 is 0 Å². The molecule has 3 heterocycles. The highest BCUT2D eigenvalue weighted by atomic mass is 32.1. The van der Waals surface area contributed by atoms with Crippen LogP contribution in [0.25, 0.3) is 10.7 Å². The number of piperazine rings is 1. The molecule has 1 atom stereocenters. The van der Waals surface area contributed by atoms with Crippen molar-refractivity contribution in [2.45, 2.75) is 13.0 Å². The van der Waals surface area contributed by atoms with Gasteiger partial charge in [0, 0.05) is 31.9 Å². The Morgan fingerprint density at radius 3 is 3.10 bits per heavy atom. The van der Waals surface area contributed by atoms with Crippen molar-refractivity contribution in [2.75, 3.05) is 19.6 Å². The molecule has 1 fully saturated rings. The van der Waals surface area contributed by atoms with Gasteiger partial charge in [-0.3, -0.25) is 9.78 Å². The average Bonchev–Trinajstić information content (AvgIpc) is 2.97. The van der Waals surface area contributed by atoms with Crippen molar-refractivity contribution >= 4 is 17.2 Å². The number of amides is 1. The average molecular weight is 288 g/mol. The zero-order chi connectivity index (χ0) is 13.9. The Balaban J connectivity index is 1.78. The maximum absolute atomic E-state index is 12.4. The minimum Gasteiger partial charge on any atom is -0.335 e. The molecule has 1 saturated heterocycles. The van der Waals surface area contributed by atoms with E-state index in [1.54, 1.807) is 12.4 Å². The van der Waals surface area contributed by atoms with E-state index in [-0.39, 0.29) is 5.91 Å². The second-order valence-electron chi connectivity index (χ2n) is 4.85. The lowest BCUT2D eigenvalue weighted by molar-refractivity contribution is 0.0714. The quantitative estimate of drug-likeness (QED) is 0.912. The highest BCUT2D eigenvalue weighted by Crippen LogP contribution is 2.24. The first-order chi connectivity index (χ1) is 9.74. The minimum absolute atomic E-state index is 0.0676. The monoisotopic (exact) mass is 288 g/mol. The van der Waals surface area contributed by atoms with Crippen molar-refractivity contribution in [3.8, 4) is 10.7 Å². The van der Waals surface area contributed by atoms with Gasteiger partial charge in [0.2, 0.25) is 0 Å². The summed E-state index contributed by atoms with van der Waals surface area (Å²) < 4.78 is 0. The lowest BCUT2D eigenvalue weighted by atomic mass is 10.2. The van der Waals surface area contributed by atoms with Crippen molar-refractivity contribution in [1.29, 1.82) is 0 Å². The molecule has 6 heteroatoms. The van der Waals surface area contributed by atoms with Gasteiger partial charge in [-0.15, -0.1) is 11.3 Å². The predicted octanol–water partition coefficient (Wildman–Crippen LogP) is 1.64. The van der Waals surface area contributed by atoms with E-state index in [1.165, 1.54) is 11.3 Å². The van der Waals surface area contributed by atoms with Crippen LogP contribution in [0.2, 0.25) is 0 Å². The number of aromatic nitrogens is 2. The van der Waals surface area contributed by atoms with Crippen molar-refractivity contribution in [3.05, 3.63) is 35.5 Å². The van der Waals surface area contributed by atoms with E-state index in [0.717, 1.165) is 30.3 Å². The molecule has 1 aliphatic heterocycles. The topological polar surface area (TPSA) is 58.1 Å². The van der Waals surface area contributed by atoms with Gasteiger partial charge in [-0.05, 0) is 19.1 Å². The van der Waals surface area contributed by atoms with Crippen molar-refractivity contribution < 1.29 is 4.79 Å². The lowest BCUT2D eigenvalue weighted by Crippen LogP contribution is -2.51. The molecule has 1 N–H and O–H groups in total. The summed E-state index contributed by atoms with van der Waals surface area (Å²) in [6.45, 7) is 4.43. The summed E-state index contributed by atoms with van der Waals surface area (Å²) in [7, 11) is 0. The Hall–Kier alpha value is -1.79. The number of carbonyl (C=O) groups is 1. The van der Waals surface area contributed by atoms with Gasteiger partial charge in [-0.25, -0.2) is 4.98 Å². The first-order valence-electron chi connectivity index (χ1n) is 6.64. The van der Waals surface area contributed by atoms with Crippen LogP contribution in [-0.2, 0) is 0 Å². The van der Waals surface area contributed by atoms with Gasteiger partial charge in [0.1, 0.15) is 9.88 Å². The lowest BCUT2D eigenvalue weighted by Gasteiger charge is -2.31. The van der Waals surface area contributed by atoms with Crippen molar-refractivity contribution in [3.63, 3.8) is 0 Å². The van der Waals surface area contributed by atoms with E-state index in [1.807, 2.05) is 23.1 Å². The summed E-state index contributed by atoms with van der Waals surface area (Å²) in [6.07, 6.45) is 3.39. The van der Waals surface area contributed by atoms with Crippen LogP contribution in [0.1, 0.15) is 16.6 Å². The number of pyridine rings is 1. The fourth-order valence-electron chi connectivity index (χ4n) is 2.25. The zero-order valence-electron chi connectivity index (χ0n) is 11.2. The van der Waals surface area contributed by atoms with Crippen LogP contribution in [0.4, 0.5) is 0 Å². The molecule has 3 rings (SSSR count). The smallest absolute Gasteiger partial charge is 0.265 e. The number of nitrogens with one attached hydrogen (secondary N) is 1. The normalized spacial score (nSPS) is 19.1. The molecule has 1 aliphatic rings. The first-order valence-corrected chi connectivity index (χ1v) is 7.45. The summed E-state index contributed by atoms with van der Waals surface area (Å²) in [5.41, 5.74) is 0.810. The third-order valence-electron chi connectivity index (χ3n) is 3.26. The van der Waals surface area contributed by atoms with E-state index in [4.69, 9.17) is 0 Å². The van der Waals surface area contributed by atoms with Crippen LogP contribution >= 0.6 is 11.3 Å². The Bertz CT molecular complexity index is 598. The van der Waals surface area contributed by atoms with Gasteiger partial charge in [-0.2, -0.15) is 0 Å². The van der Waals surface area contributed by atoms with E-state index in [9.17, 15) is 4.79 Å². The highest BCUT2D eigenvalue weighted by molar-refractivity contribution is 7.16. The Morgan fingerprint density at radius 2 is 2.35 bits per heavy atom. The molecule has 2 aromatic rings. The highest BCUT2D eigenvalue weighted by Gasteiger charge is 2.23. The van der Waals surface area contributed by atoms with E-state index in [0.29, 0.717) is 10.9 Å². The molecule has 104 valence electrons. The Labute approximate surface area is 121 Å². The molecular formula is C14H16N4OS. The number of carbonyl (C=O) groups excluding carboxylic acids is 1. The van der Waals surface area contributed by atoms with Crippen LogP contribution in [0, 0.1) is 0 Å². The van der Waals surface area contributed by atoms with Crippen molar-refractivity contribution in [2.24, 2.45) is 0 Å². The van der Waals surface area contributed by atoms with Gasteiger partial charge < -0.3 is 10.2 Å². The Kier molecular flexibility index (Phi) is 3.75. The second-order valence-corrected chi connectivity index (χ2v) is 5.88. The van der Waals surface area contributed by atoms with Crippen LogP contribution in [-0.4, -0.2) is 46.5 Å². The van der Waals surface area contributed by atoms with E-state index in [2.05, 4.69) is 22.2 Å². The predicted molar refractivity (Wildman–Crippen MR) is 78.7 cm³/mol. The van der Waals surface area contributed by atoms with Gasteiger partial charge in [-0.1, -0.05) is 6.07 Å². The number of thiazole rings is 1. The van der Waals surface area contributed by atoms with Gasteiger partial charge in [0.05, 0.1) is 11.9 Å². The maximum Gasteiger partial charge on any atom is 0.265 e. The zero-order valence-corrected chi connectivity index (χ0v) is 12.1.